The number of thioether (sulfide) groups is 1. The molecule has 5 heteroatoms. The quantitative estimate of drug-likeness (QED) is 0.655. The van der Waals surface area contributed by atoms with Gasteiger partial charge in [0.1, 0.15) is 0 Å². The van der Waals surface area contributed by atoms with Crippen molar-refractivity contribution in [1.29, 1.82) is 0 Å². The normalized spacial score (nSPS) is 28.4. The highest BCUT2D eigenvalue weighted by atomic mass is 32.2. The molecule has 14 heavy (non-hydrogen) atoms. The van der Waals surface area contributed by atoms with Gasteiger partial charge >= 0.3 is 0 Å². The zero-order valence-electron chi connectivity index (χ0n) is 8.16. The molecule has 2 amide bonds. The summed E-state index contributed by atoms with van der Waals surface area (Å²) in [5.41, 5.74) is 0. The van der Waals surface area contributed by atoms with Gasteiger partial charge in [0.05, 0.1) is 5.25 Å². The van der Waals surface area contributed by atoms with E-state index in [1.165, 1.54) is 4.90 Å². The fourth-order valence-corrected chi connectivity index (χ4v) is 2.87. The van der Waals surface area contributed by atoms with E-state index in [0.717, 1.165) is 18.8 Å². The molecule has 0 aromatic carbocycles. The highest BCUT2D eigenvalue weighted by Gasteiger charge is 2.36. The molecule has 0 aromatic heterocycles. The van der Waals surface area contributed by atoms with E-state index in [4.69, 9.17) is 0 Å². The molecule has 2 heterocycles. The minimum Gasteiger partial charge on any atom is -0.316 e. The lowest BCUT2D eigenvalue weighted by Crippen LogP contribution is -2.43. The van der Waals surface area contributed by atoms with Crippen LogP contribution in [0.5, 0.6) is 0 Å². The van der Waals surface area contributed by atoms with E-state index in [1.807, 2.05) is 0 Å². The maximum absolute atomic E-state index is 11.5. The SMILES string of the molecule is CN1C(=O)CC(SCC2CNC2)C1=O. The summed E-state index contributed by atoms with van der Waals surface area (Å²) in [6, 6.07) is 0. The van der Waals surface area contributed by atoms with Crippen LogP contribution in [0.4, 0.5) is 0 Å². The van der Waals surface area contributed by atoms with Gasteiger partial charge in [-0.3, -0.25) is 14.5 Å². The van der Waals surface area contributed by atoms with Gasteiger partial charge in [-0.2, -0.15) is 0 Å². The molecule has 2 rings (SSSR count). The molecular weight excluding hydrogens is 200 g/mol. The van der Waals surface area contributed by atoms with Crippen LogP contribution in [0.2, 0.25) is 0 Å². The molecule has 2 aliphatic heterocycles. The maximum atomic E-state index is 11.5. The number of hydrogen-bond acceptors (Lipinski definition) is 4. The van der Waals surface area contributed by atoms with Crippen molar-refractivity contribution in [1.82, 2.24) is 10.2 Å². The first-order valence-corrected chi connectivity index (χ1v) is 5.86. The number of rotatable bonds is 3. The van der Waals surface area contributed by atoms with Crippen molar-refractivity contribution in [3.8, 4) is 0 Å². The molecule has 2 fully saturated rings. The molecule has 0 saturated carbocycles. The number of hydrogen-bond donors (Lipinski definition) is 1. The molecule has 0 aromatic rings. The standard InChI is InChI=1S/C9H14N2O2S/c1-11-8(12)2-7(9(11)13)14-5-6-3-10-4-6/h6-7,10H,2-5H2,1H3. The molecule has 0 radical (unpaired) electrons. The molecule has 78 valence electrons. The lowest BCUT2D eigenvalue weighted by molar-refractivity contribution is -0.136. The third kappa shape index (κ3) is 1.79. The van der Waals surface area contributed by atoms with Gasteiger partial charge in [-0.25, -0.2) is 0 Å². The van der Waals surface area contributed by atoms with Gasteiger partial charge in [0, 0.05) is 13.5 Å². The number of likely N-dealkylation sites (tertiary alicyclic amines) is 1. The summed E-state index contributed by atoms with van der Waals surface area (Å²) in [6.07, 6.45) is 0.389. The van der Waals surface area contributed by atoms with E-state index < -0.39 is 0 Å². The molecule has 0 spiro atoms. The van der Waals surface area contributed by atoms with E-state index in [0.29, 0.717) is 12.3 Å². The highest BCUT2D eigenvalue weighted by Crippen LogP contribution is 2.26. The van der Waals surface area contributed by atoms with Gasteiger partial charge in [-0.15, -0.1) is 11.8 Å². The Kier molecular flexibility index (Phi) is 2.78. The van der Waals surface area contributed by atoms with Gasteiger partial charge < -0.3 is 5.32 Å². The zero-order chi connectivity index (χ0) is 10.1. The smallest absolute Gasteiger partial charge is 0.242 e. The molecule has 2 aliphatic rings. The number of nitrogens with one attached hydrogen (secondary N) is 1. The fourth-order valence-electron chi connectivity index (χ4n) is 1.57. The summed E-state index contributed by atoms with van der Waals surface area (Å²) < 4.78 is 0. The molecule has 2 saturated heterocycles. The summed E-state index contributed by atoms with van der Waals surface area (Å²) >= 11 is 1.63. The Morgan fingerprint density at radius 1 is 1.50 bits per heavy atom. The van der Waals surface area contributed by atoms with Gasteiger partial charge in [0.2, 0.25) is 11.8 Å². The van der Waals surface area contributed by atoms with Crippen molar-refractivity contribution in [2.45, 2.75) is 11.7 Å². The van der Waals surface area contributed by atoms with Crippen LogP contribution >= 0.6 is 11.8 Å². The van der Waals surface area contributed by atoms with Crippen LogP contribution in [0.15, 0.2) is 0 Å². The highest BCUT2D eigenvalue weighted by molar-refractivity contribution is 8.00. The number of imide groups is 1. The zero-order valence-corrected chi connectivity index (χ0v) is 8.97. The molecule has 1 N–H and O–H groups in total. The molecule has 0 bridgehead atoms. The van der Waals surface area contributed by atoms with Crippen LogP contribution < -0.4 is 5.32 Å². The minimum atomic E-state index is -0.118. The van der Waals surface area contributed by atoms with E-state index >= 15 is 0 Å². The molecule has 1 atom stereocenters. The second-order valence-corrected chi connectivity index (χ2v) is 5.08. The molecule has 4 nitrogen and oxygen atoms in total. The Labute approximate surface area is 87.4 Å². The van der Waals surface area contributed by atoms with Crippen LogP contribution in [-0.4, -0.2) is 47.9 Å². The largest absolute Gasteiger partial charge is 0.316 e. The lowest BCUT2D eigenvalue weighted by atomic mass is 10.1. The first kappa shape index (κ1) is 9.98. The van der Waals surface area contributed by atoms with Crippen molar-refractivity contribution in [2.75, 3.05) is 25.9 Å². The van der Waals surface area contributed by atoms with E-state index in [-0.39, 0.29) is 17.1 Å². The van der Waals surface area contributed by atoms with E-state index in [9.17, 15) is 9.59 Å². The third-order valence-electron chi connectivity index (χ3n) is 2.74. The van der Waals surface area contributed by atoms with Crippen LogP contribution in [0.3, 0.4) is 0 Å². The predicted molar refractivity (Wildman–Crippen MR) is 55.0 cm³/mol. The Morgan fingerprint density at radius 2 is 2.21 bits per heavy atom. The van der Waals surface area contributed by atoms with Gasteiger partial charge in [0.15, 0.2) is 0 Å². The van der Waals surface area contributed by atoms with Crippen molar-refractivity contribution in [3.63, 3.8) is 0 Å². The van der Waals surface area contributed by atoms with Crippen molar-refractivity contribution in [3.05, 3.63) is 0 Å². The number of amides is 2. The van der Waals surface area contributed by atoms with E-state index in [2.05, 4.69) is 5.32 Å². The minimum absolute atomic E-state index is 0.0210. The molecule has 1 unspecified atom stereocenters. The first-order valence-electron chi connectivity index (χ1n) is 4.81. The average Bonchev–Trinajstić information content (AvgIpc) is 2.31. The molecule has 0 aliphatic carbocycles. The summed E-state index contributed by atoms with van der Waals surface area (Å²) in [6.45, 7) is 2.11. The number of carbonyl (C=O) groups excluding carboxylic acids is 2. The van der Waals surface area contributed by atoms with Crippen molar-refractivity contribution in [2.24, 2.45) is 5.92 Å². The summed E-state index contributed by atoms with van der Waals surface area (Å²) in [7, 11) is 1.57. The summed E-state index contributed by atoms with van der Waals surface area (Å²) in [5.74, 6) is 1.62. The second kappa shape index (κ2) is 3.90. The molecular formula is C9H14N2O2S. The van der Waals surface area contributed by atoms with Crippen LogP contribution in [0, 0.1) is 5.92 Å². The Hall–Kier alpha value is -0.550. The Morgan fingerprint density at radius 3 is 2.64 bits per heavy atom. The topological polar surface area (TPSA) is 49.4 Å². The average molecular weight is 214 g/mol. The third-order valence-corrected chi connectivity index (χ3v) is 4.17. The van der Waals surface area contributed by atoms with Gasteiger partial charge in [-0.05, 0) is 24.8 Å². The van der Waals surface area contributed by atoms with Crippen molar-refractivity contribution < 1.29 is 9.59 Å². The van der Waals surface area contributed by atoms with Crippen LogP contribution in [0.1, 0.15) is 6.42 Å². The Bertz CT molecular complexity index is 266. The van der Waals surface area contributed by atoms with Gasteiger partial charge in [0.25, 0.3) is 0 Å². The Balaban J connectivity index is 1.80. The second-order valence-electron chi connectivity index (χ2n) is 3.84. The maximum Gasteiger partial charge on any atom is 0.242 e. The van der Waals surface area contributed by atoms with Crippen LogP contribution in [-0.2, 0) is 9.59 Å². The summed E-state index contributed by atoms with van der Waals surface area (Å²) in [5, 5.41) is 3.07. The van der Waals surface area contributed by atoms with Crippen LogP contribution in [0.25, 0.3) is 0 Å². The van der Waals surface area contributed by atoms with Gasteiger partial charge in [-0.1, -0.05) is 0 Å². The van der Waals surface area contributed by atoms with Crippen molar-refractivity contribution >= 4 is 23.6 Å². The first-order chi connectivity index (χ1) is 6.68. The number of carbonyl (C=O) groups is 2. The lowest BCUT2D eigenvalue weighted by Gasteiger charge is -2.27. The monoisotopic (exact) mass is 214 g/mol. The predicted octanol–water partition coefficient (Wildman–Crippen LogP) is -0.304. The number of nitrogens with zero attached hydrogens (tertiary/aromatic N) is 1. The fraction of sp³-hybridized carbons (Fsp3) is 0.778. The summed E-state index contributed by atoms with van der Waals surface area (Å²) in [4.78, 5) is 24.0. The van der Waals surface area contributed by atoms with E-state index in [1.54, 1.807) is 18.8 Å².